The summed E-state index contributed by atoms with van der Waals surface area (Å²) in [6, 6.07) is 3.14. The molecule has 1 aromatic heterocycles. The van der Waals surface area contributed by atoms with Crippen molar-refractivity contribution in [3.8, 4) is 0 Å². The van der Waals surface area contributed by atoms with Crippen molar-refractivity contribution in [2.24, 2.45) is 0 Å². The molecule has 0 radical (unpaired) electrons. The number of ether oxygens (including phenoxy) is 1. The topological polar surface area (TPSA) is 80.6 Å². The van der Waals surface area contributed by atoms with Gasteiger partial charge in [0.25, 0.3) is 5.91 Å². The number of hydrogen-bond donors (Lipinski definition) is 2. The van der Waals surface area contributed by atoms with Crippen LogP contribution in [0.25, 0.3) is 0 Å². The molecule has 0 saturated carbocycles. The molecule has 0 aromatic carbocycles. The summed E-state index contributed by atoms with van der Waals surface area (Å²) in [5, 5.41) is 5.10. The van der Waals surface area contributed by atoms with Crippen molar-refractivity contribution in [2.45, 2.75) is 6.42 Å². The first-order valence-corrected chi connectivity index (χ1v) is 5.31. The number of amides is 2. The first kappa shape index (κ1) is 13.2. The van der Waals surface area contributed by atoms with Crippen molar-refractivity contribution in [1.29, 1.82) is 0 Å². The standard InChI is InChI=1S/C11H16N2O4/c1-16-6-3-5-12-10(14)8-13-11(15)9-4-2-7-17-9/h2,4,7H,3,5-6,8H2,1H3,(H,12,14)(H,13,15). The van der Waals surface area contributed by atoms with E-state index in [0.29, 0.717) is 13.2 Å². The van der Waals surface area contributed by atoms with E-state index in [2.05, 4.69) is 10.6 Å². The third kappa shape index (κ3) is 5.17. The molecule has 0 aliphatic heterocycles. The lowest BCUT2D eigenvalue weighted by molar-refractivity contribution is -0.120. The highest BCUT2D eigenvalue weighted by molar-refractivity contribution is 5.94. The number of rotatable bonds is 7. The molecule has 94 valence electrons. The maximum Gasteiger partial charge on any atom is 0.287 e. The number of furan rings is 1. The van der Waals surface area contributed by atoms with Gasteiger partial charge in [-0.2, -0.15) is 0 Å². The van der Waals surface area contributed by atoms with Crippen molar-refractivity contribution in [3.63, 3.8) is 0 Å². The second-order valence-electron chi connectivity index (χ2n) is 3.36. The van der Waals surface area contributed by atoms with Gasteiger partial charge in [-0.05, 0) is 18.6 Å². The van der Waals surface area contributed by atoms with Crippen molar-refractivity contribution >= 4 is 11.8 Å². The Kier molecular flexibility index (Phi) is 5.81. The molecule has 0 atom stereocenters. The van der Waals surface area contributed by atoms with Gasteiger partial charge < -0.3 is 19.8 Å². The summed E-state index contributed by atoms with van der Waals surface area (Å²) < 4.78 is 9.72. The predicted molar refractivity (Wildman–Crippen MR) is 60.5 cm³/mol. The normalized spacial score (nSPS) is 9.94. The molecule has 2 N–H and O–H groups in total. The highest BCUT2D eigenvalue weighted by Gasteiger charge is 2.09. The van der Waals surface area contributed by atoms with E-state index in [4.69, 9.17) is 9.15 Å². The SMILES string of the molecule is COCCCNC(=O)CNC(=O)c1ccco1. The Labute approximate surface area is 99.3 Å². The fourth-order valence-electron chi connectivity index (χ4n) is 1.16. The third-order valence-electron chi connectivity index (χ3n) is 2.00. The molecular weight excluding hydrogens is 224 g/mol. The molecular formula is C11H16N2O4. The minimum atomic E-state index is -0.401. The highest BCUT2D eigenvalue weighted by atomic mass is 16.5. The van der Waals surface area contributed by atoms with Crippen LogP contribution < -0.4 is 10.6 Å². The van der Waals surface area contributed by atoms with Crippen molar-refractivity contribution in [2.75, 3.05) is 26.8 Å². The molecule has 0 aliphatic carbocycles. The summed E-state index contributed by atoms with van der Waals surface area (Å²) in [4.78, 5) is 22.7. The van der Waals surface area contributed by atoms with Gasteiger partial charge in [-0.15, -0.1) is 0 Å². The molecule has 0 fully saturated rings. The first-order chi connectivity index (χ1) is 8.24. The summed E-state index contributed by atoms with van der Waals surface area (Å²) >= 11 is 0. The number of nitrogens with one attached hydrogen (secondary N) is 2. The van der Waals surface area contributed by atoms with E-state index < -0.39 is 5.91 Å². The Hall–Kier alpha value is -1.82. The Bertz CT molecular complexity index is 348. The van der Waals surface area contributed by atoms with E-state index in [9.17, 15) is 9.59 Å². The van der Waals surface area contributed by atoms with Crippen LogP contribution in [0.3, 0.4) is 0 Å². The Balaban J connectivity index is 2.13. The Morgan fingerprint density at radius 3 is 2.88 bits per heavy atom. The van der Waals surface area contributed by atoms with E-state index in [1.807, 2.05) is 0 Å². The van der Waals surface area contributed by atoms with Crippen LogP contribution in [0.5, 0.6) is 0 Å². The summed E-state index contributed by atoms with van der Waals surface area (Å²) in [6.45, 7) is 1.06. The van der Waals surface area contributed by atoms with Crippen LogP contribution in [0.1, 0.15) is 17.0 Å². The zero-order valence-electron chi connectivity index (χ0n) is 9.69. The second-order valence-corrected chi connectivity index (χ2v) is 3.36. The van der Waals surface area contributed by atoms with Gasteiger partial charge in [-0.1, -0.05) is 0 Å². The molecule has 0 unspecified atom stereocenters. The lowest BCUT2D eigenvalue weighted by Crippen LogP contribution is -2.37. The van der Waals surface area contributed by atoms with Crippen LogP contribution in [-0.2, 0) is 9.53 Å². The van der Waals surface area contributed by atoms with Gasteiger partial charge in [0.1, 0.15) is 0 Å². The molecule has 1 aromatic rings. The molecule has 1 heterocycles. The number of methoxy groups -OCH3 is 1. The quantitative estimate of drug-likeness (QED) is 0.665. The largest absolute Gasteiger partial charge is 0.459 e. The number of carbonyl (C=O) groups is 2. The fourth-order valence-corrected chi connectivity index (χ4v) is 1.16. The first-order valence-electron chi connectivity index (χ1n) is 5.31. The summed E-state index contributed by atoms with van der Waals surface area (Å²) in [7, 11) is 1.60. The summed E-state index contributed by atoms with van der Waals surface area (Å²) in [5.74, 6) is -0.444. The third-order valence-corrected chi connectivity index (χ3v) is 2.00. The minimum absolute atomic E-state index is 0.0630. The smallest absolute Gasteiger partial charge is 0.287 e. The van der Waals surface area contributed by atoms with Crippen molar-refractivity contribution in [3.05, 3.63) is 24.2 Å². The molecule has 0 spiro atoms. The van der Waals surface area contributed by atoms with E-state index >= 15 is 0 Å². The van der Waals surface area contributed by atoms with Gasteiger partial charge in [-0.25, -0.2) is 0 Å². The minimum Gasteiger partial charge on any atom is -0.459 e. The van der Waals surface area contributed by atoms with Crippen LogP contribution in [0.4, 0.5) is 0 Å². The zero-order chi connectivity index (χ0) is 12.5. The van der Waals surface area contributed by atoms with Crippen molar-refractivity contribution in [1.82, 2.24) is 10.6 Å². The lowest BCUT2D eigenvalue weighted by Gasteiger charge is -2.05. The average Bonchev–Trinajstić information content (AvgIpc) is 2.85. The molecule has 0 aliphatic rings. The van der Waals surface area contributed by atoms with Gasteiger partial charge in [0, 0.05) is 20.3 Å². The fraction of sp³-hybridized carbons (Fsp3) is 0.455. The predicted octanol–water partition coefficient (Wildman–Crippen LogP) is 0.162. The molecule has 0 saturated heterocycles. The van der Waals surface area contributed by atoms with Gasteiger partial charge in [-0.3, -0.25) is 9.59 Å². The van der Waals surface area contributed by atoms with Gasteiger partial charge in [0.05, 0.1) is 12.8 Å². The van der Waals surface area contributed by atoms with E-state index in [0.717, 1.165) is 6.42 Å². The van der Waals surface area contributed by atoms with Crippen LogP contribution in [0, 0.1) is 0 Å². The van der Waals surface area contributed by atoms with Gasteiger partial charge in [0.15, 0.2) is 5.76 Å². The maximum absolute atomic E-state index is 11.4. The molecule has 1 rings (SSSR count). The summed E-state index contributed by atoms with van der Waals surface area (Å²) in [6.07, 6.45) is 2.15. The Morgan fingerprint density at radius 1 is 1.41 bits per heavy atom. The molecule has 17 heavy (non-hydrogen) atoms. The maximum atomic E-state index is 11.4. The second kappa shape index (κ2) is 7.45. The zero-order valence-corrected chi connectivity index (χ0v) is 9.69. The van der Waals surface area contributed by atoms with Crippen LogP contribution >= 0.6 is 0 Å². The summed E-state index contributed by atoms with van der Waals surface area (Å²) in [5.41, 5.74) is 0. The molecule has 6 heteroatoms. The van der Waals surface area contributed by atoms with E-state index in [-0.39, 0.29) is 18.2 Å². The van der Waals surface area contributed by atoms with E-state index in [1.54, 1.807) is 13.2 Å². The number of carbonyl (C=O) groups excluding carboxylic acids is 2. The van der Waals surface area contributed by atoms with Crippen LogP contribution in [-0.4, -0.2) is 38.6 Å². The number of hydrogen-bond acceptors (Lipinski definition) is 4. The molecule has 0 bridgehead atoms. The van der Waals surface area contributed by atoms with Crippen molar-refractivity contribution < 1.29 is 18.7 Å². The molecule has 2 amide bonds. The van der Waals surface area contributed by atoms with Crippen LogP contribution in [0.2, 0.25) is 0 Å². The van der Waals surface area contributed by atoms with Gasteiger partial charge >= 0.3 is 0 Å². The molecule has 6 nitrogen and oxygen atoms in total. The average molecular weight is 240 g/mol. The monoisotopic (exact) mass is 240 g/mol. The lowest BCUT2D eigenvalue weighted by atomic mass is 10.4. The highest BCUT2D eigenvalue weighted by Crippen LogP contribution is 1.98. The van der Waals surface area contributed by atoms with E-state index in [1.165, 1.54) is 12.3 Å². The van der Waals surface area contributed by atoms with Gasteiger partial charge in [0.2, 0.25) is 5.91 Å². The Morgan fingerprint density at radius 2 is 2.24 bits per heavy atom. The van der Waals surface area contributed by atoms with Crippen LogP contribution in [0.15, 0.2) is 22.8 Å².